The van der Waals surface area contributed by atoms with Gasteiger partial charge in [-0.15, -0.1) is 11.3 Å². The van der Waals surface area contributed by atoms with E-state index in [4.69, 9.17) is 0 Å². The van der Waals surface area contributed by atoms with Crippen LogP contribution in [0.5, 0.6) is 0 Å². The zero-order valence-electron chi connectivity index (χ0n) is 15.5. The normalized spacial score (nSPS) is 16.7. The number of aliphatic hydroxyl groups excluding tert-OH is 1. The van der Waals surface area contributed by atoms with Crippen molar-refractivity contribution in [2.45, 2.75) is 50.7 Å². The number of nitrogens with one attached hydrogen (secondary N) is 2. The van der Waals surface area contributed by atoms with Gasteiger partial charge in [-0.3, -0.25) is 9.59 Å². The number of carbonyl (C=O) groups is 2. The molecular weight excluding hydrogens is 360 g/mol. The van der Waals surface area contributed by atoms with E-state index in [9.17, 15) is 14.7 Å². The Kier molecular flexibility index (Phi) is 6.29. The van der Waals surface area contributed by atoms with Crippen LogP contribution in [0, 0.1) is 0 Å². The van der Waals surface area contributed by atoms with Gasteiger partial charge in [0.2, 0.25) is 0 Å². The maximum atomic E-state index is 12.2. The summed E-state index contributed by atoms with van der Waals surface area (Å²) in [7, 11) is 0. The number of hydrogen-bond donors (Lipinski definition) is 3. The van der Waals surface area contributed by atoms with Gasteiger partial charge in [0.1, 0.15) is 0 Å². The van der Waals surface area contributed by atoms with E-state index in [2.05, 4.69) is 16.7 Å². The Morgan fingerprint density at radius 1 is 1.07 bits per heavy atom. The molecule has 0 aliphatic heterocycles. The lowest BCUT2D eigenvalue weighted by molar-refractivity contribution is -0.139. The van der Waals surface area contributed by atoms with Crippen molar-refractivity contribution in [1.29, 1.82) is 0 Å². The van der Waals surface area contributed by atoms with Gasteiger partial charge in [0.25, 0.3) is 0 Å². The molecule has 0 saturated heterocycles. The fraction of sp³-hybridized carbons (Fsp3) is 0.429. The molecule has 0 bridgehead atoms. The maximum absolute atomic E-state index is 12.2. The summed E-state index contributed by atoms with van der Waals surface area (Å²) in [6.45, 7) is 2.54. The van der Waals surface area contributed by atoms with Crippen molar-refractivity contribution in [2.24, 2.45) is 0 Å². The summed E-state index contributed by atoms with van der Waals surface area (Å²) < 4.78 is 0. The lowest BCUT2D eigenvalue weighted by atomic mass is 9.84. The highest BCUT2D eigenvalue weighted by molar-refractivity contribution is 7.12. The summed E-state index contributed by atoms with van der Waals surface area (Å²) in [6.07, 6.45) is 3.70. The van der Waals surface area contributed by atoms with Crippen LogP contribution in [0.4, 0.5) is 0 Å². The predicted octanol–water partition coefficient (Wildman–Crippen LogP) is 3.05. The lowest BCUT2D eigenvalue weighted by Gasteiger charge is -2.28. The van der Waals surface area contributed by atoms with Crippen LogP contribution >= 0.6 is 11.3 Å². The maximum Gasteiger partial charge on any atom is 0.309 e. The minimum Gasteiger partial charge on any atom is -0.388 e. The van der Waals surface area contributed by atoms with Crippen molar-refractivity contribution >= 4 is 23.2 Å². The molecule has 2 aromatic rings. The Morgan fingerprint density at radius 3 is 2.37 bits per heavy atom. The average Bonchev–Trinajstić information content (AvgIpc) is 3.35. The second-order valence-electron chi connectivity index (χ2n) is 7.22. The van der Waals surface area contributed by atoms with Crippen LogP contribution in [0.3, 0.4) is 0 Å². The first-order valence-electron chi connectivity index (χ1n) is 9.38. The summed E-state index contributed by atoms with van der Waals surface area (Å²) in [5.41, 5.74) is 0.822. The van der Waals surface area contributed by atoms with E-state index in [0.29, 0.717) is 13.1 Å². The van der Waals surface area contributed by atoms with Gasteiger partial charge in [0, 0.05) is 28.3 Å². The number of aliphatic hydroxyl groups is 1. The highest BCUT2D eigenvalue weighted by Crippen LogP contribution is 2.44. The molecule has 1 aliphatic carbocycles. The van der Waals surface area contributed by atoms with Crippen LogP contribution in [0.1, 0.15) is 54.0 Å². The first-order valence-corrected chi connectivity index (χ1v) is 10.2. The van der Waals surface area contributed by atoms with E-state index < -0.39 is 17.9 Å². The van der Waals surface area contributed by atoms with E-state index in [-0.39, 0.29) is 5.41 Å². The molecule has 3 N–H and O–H groups in total. The third-order valence-electron chi connectivity index (χ3n) is 5.21. The Labute approximate surface area is 163 Å². The molecule has 1 aliphatic rings. The molecule has 0 spiro atoms. The van der Waals surface area contributed by atoms with Crippen LogP contribution in [0.15, 0.2) is 42.5 Å². The van der Waals surface area contributed by atoms with Crippen LogP contribution in [0.25, 0.3) is 0 Å². The van der Waals surface area contributed by atoms with Crippen molar-refractivity contribution in [2.75, 3.05) is 6.54 Å². The number of carbonyl (C=O) groups excluding carboxylic acids is 2. The zero-order valence-corrected chi connectivity index (χ0v) is 16.3. The SMILES string of the molecule is C[C@@H](O)c1ccc(C2(CNC(=O)C(=O)NCc3ccccc3)CCCC2)s1. The molecule has 1 atom stereocenters. The number of hydrogen-bond acceptors (Lipinski definition) is 4. The molecule has 0 unspecified atom stereocenters. The van der Waals surface area contributed by atoms with Crippen molar-refractivity contribution in [1.82, 2.24) is 10.6 Å². The minimum atomic E-state index is -0.608. The Balaban J connectivity index is 1.58. The molecule has 1 heterocycles. The van der Waals surface area contributed by atoms with Gasteiger partial charge in [0.05, 0.1) is 6.10 Å². The monoisotopic (exact) mass is 386 g/mol. The molecule has 1 fully saturated rings. The molecule has 27 heavy (non-hydrogen) atoms. The molecule has 1 aromatic carbocycles. The summed E-state index contributed by atoms with van der Waals surface area (Å²) in [4.78, 5) is 26.5. The van der Waals surface area contributed by atoms with Crippen molar-refractivity contribution in [3.63, 3.8) is 0 Å². The molecule has 5 nitrogen and oxygen atoms in total. The van der Waals surface area contributed by atoms with Crippen molar-refractivity contribution in [3.05, 3.63) is 57.8 Å². The van der Waals surface area contributed by atoms with Crippen molar-refractivity contribution in [3.8, 4) is 0 Å². The molecule has 6 heteroatoms. The summed E-state index contributed by atoms with van der Waals surface area (Å²) in [5, 5.41) is 15.3. The molecule has 144 valence electrons. The Morgan fingerprint density at radius 2 is 1.74 bits per heavy atom. The van der Waals surface area contributed by atoms with Gasteiger partial charge in [-0.25, -0.2) is 0 Å². The van der Waals surface area contributed by atoms with Gasteiger partial charge >= 0.3 is 11.8 Å². The number of rotatable bonds is 6. The van der Waals surface area contributed by atoms with Gasteiger partial charge in [-0.2, -0.15) is 0 Å². The van der Waals surface area contributed by atoms with Crippen LogP contribution < -0.4 is 10.6 Å². The molecule has 1 aromatic heterocycles. The van der Waals surface area contributed by atoms with E-state index in [1.165, 1.54) is 4.88 Å². The molecule has 3 rings (SSSR count). The smallest absolute Gasteiger partial charge is 0.309 e. The van der Waals surface area contributed by atoms with E-state index in [0.717, 1.165) is 36.1 Å². The summed E-state index contributed by atoms with van der Waals surface area (Å²) in [6, 6.07) is 13.5. The van der Waals surface area contributed by atoms with Crippen molar-refractivity contribution < 1.29 is 14.7 Å². The van der Waals surface area contributed by atoms with Crippen LogP contribution in [-0.2, 0) is 21.5 Å². The second-order valence-corrected chi connectivity index (χ2v) is 8.33. The largest absolute Gasteiger partial charge is 0.388 e. The minimum absolute atomic E-state index is 0.132. The van der Waals surface area contributed by atoms with Gasteiger partial charge in [-0.05, 0) is 37.5 Å². The topological polar surface area (TPSA) is 78.4 Å². The van der Waals surface area contributed by atoms with E-state index in [1.807, 2.05) is 36.4 Å². The molecular formula is C21H26N2O3S. The third kappa shape index (κ3) is 4.76. The number of amides is 2. The summed E-state index contributed by atoms with van der Waals surface area (Å²) >= 11 is 1.60. The standard InChI is InChI=1S/C21H26N2O3S/c1-15(24)17-9-10-18(27-17)21(11-5-6-12-21)14-23-20(26)19(25)22-13-16-7-3-2-4-8-16/h2-4,7-10,15,24H,5-6,11-14H2,1H3,(H,22,25)(H,23,26)/t15-/m1/s1. The Bertz CT molecular complexity index is 780. The Hall–Kier alpha value is -2.18. The molecule has 0 radical (unpaired) electrons. The fourth-order valence-corrected chi connectivity index (χ4v) is 4.80. The quantitative estimate of drug-likeness (QED) is 0.668. The van der Waals surface area contributed by atoms with Crippen LogP contribution in [-0.4, -0.2) is 23.5 Å². The first-order chi connectivity index (χ1) is 13.0. The first kappa shape index (κ1) is 19.6. The molecule has 2 amide bonds. The van der Waals surface area contributed by atoms with Gasteiger partial charge < -0.3 is 15.7 Å². The highest BCUT2D eigenvalue weighted by atomic mass is 32.1. The number of benzene rings is 1. The zero-order chi connectivity index (χ0) is 19.3. The van der Waals surface area contributed by atoms with Gasteiger partial charge in [-0.1, -0.05) is 43.2 Å². The van der Waals surface area contributed by atoms with Gasteiger partial charge in [0.15, 0.2) is 0 Å². The third-order valence-corrected chi connectivity index (χ3v) is 6.71. The predicted molar refractivity (Wildman–Crippen MR) is 106 cm³/mol. The lowest BCUT2D eigenvalue weighted by Crippen LogP contribution is -2.45. The van der Waals surface area contributed by atoms with Crippen LogP contribution in [0.2, 0.25) is 0 Å². The van der Waals surface area contributed by atoms with E-state index >= 15 is 0 Å². The summed E-state index contributed by atoms with van der Waals surface area (Å²) in [5.74, 6) is -1.20. The molecule has 1 saturated carbocycles. The highest BCUT2D eigenvalue weighted by Gasteiger charge is 2.37. The number of thiophene rings is 1. The van der Waals surface area contributed by atoms with E-state index in [1.54, 1.807) is 18.3 Å². The second kappa shape index (κ2) is 8.67. The fourth-order valence-electron chi connectivity index (χ4n) is 3.61. The average molecular weight is 387 g/mol.